The van der Waals surface area contributed by atoms with Gasteiger partial charge in [0.1, 0.15) is 27.9 Å². The second-order valence-electron chi connectivity index (χ2n) is 13.0. The van der Waals surface area contributed by atoms with Gasteiger partial charge in [0.2, 0.25) is 5.91 Å². The van der Waals surface area contributed by atoms with E-state index < -0.39 is 11.4 Å². The van der Waals surface area contributed by atoms with Crippen LogP contribution >= 0.6 is 22.7 Å². The number of ether oxygens (including phenoxy) is 2. The summed E-state index contributed by atoms with van der Waals surface area (Å²) in [4.78, 5) is 38.0. The lowest BCUT2D eigenvalue weighted by atomic mass is 9.97. The van der Waals surface area contributed by atoms with E-state index in [4.69, 9.17) is 19.4 Å². The van der Waals surface area contributed by atoms with Crippen LogP contribution in [0.3, 0.4) is 0 Å². The van der Waals surface area contributed by atoms with E-state index in [1.54, 1.807) is 28.5 Å². The number of halogens is 1. The number of carbonyl (C=O) groups excluding carboxylic acids is 2. The minimum Gasteiger partial charge on any atom is -0.493 e. The topological polar surface area (TPSA) is 122 Å². The molecule has 4 aromatic heterocycles. The van der Waals surface area contributed by atoms with Crippen LogP contribution in [0.4, 0.5) is 9.18 Å². The Morgan fingerprint density at radius 3 is 2.79 bits per heavy atom. The Balaban J connectivity index is 1.35. The normalized spacial score (nSPS) is 16.7. The van der Waals surface area contributed by atoms with Gasteiger partial charge in [-0.25, -0.2) is 19.2 Å². The maximum Gasteiger partial charge on any atom is 0.410 e. The first-order chi connectivity index (χ1) is 22.5. The molecule has 1 saturated heterocycles. The molecule has 6 heterocycles. The molecule has 5 aromatic rings. The third-order valence-electron chi connectivity index (χ3n) is 8.31. The summed E-state index contributed by atoms with van der Waals surface area (Å²) in [6.07, 6.45) is 3.18. The van der Waals surface area contributed by atoms with Crippen molar-refractivity contribution in [2.45, 2.75) is 59.1 Å². The van der Waals surface area contributed by atoms with Crippen molar-refractivity contribution in [3.63, 3.8) is 0 Å². The van der Waals surface area contributed by atoms with Gasteiger partial charge in [0.05, 0.1) is 30.7 Å². The zero-order chi connectivity index (χ0) is 32.9. The number of nitrogens with one attached hydrogen (secondary N) is 2. The molecule has 2 aliphatic heterocycles. The monoisotopic (exact) mass is 674 g/mol. The van der Waals surface area contributed by atoms with Gasteiger partial charge >= 0.3 is 6.09 Å². The van der Waals surface area contributed by atoms with E-state index in [0.29, 0.717) is 61.1 Å². The Hall–Kier alpha value is -4.36. The highest BCUT2D eigenvalue weighted by atomic mass is 32.1. The second-order valence-corrected chi connectivity index (χ2v) is 15.0. The predicted octanol–water partition coefficient (Wildman–Crippen LogP) is 7.12. The number of benzene rings is 1. The van der Waals surface area contributed by atoms with Crippen molar-refractivity contribution < 1.29 is 23.5 Å². The number of fused-ring (bicyclic) bond motifs is 2. The molecule has 1 aromatic carbocycles. The van der Waals surface area contributed by atoms with E-state index in [0.717, 1.165) is 49.6 Å². The fourth-order valence-electron chi connectivity index (χ4n) is 6.03. The van der Waals surface area contributed by atoms with E-state index in [1.807, 2.05) is 39.1 Å². The number of nitrogens with zero attached hydrogens (tertiary/aromatic N) is 4. The Morgan fingerprint density at radius 2 is 2.02 bits per heavy atom. The van der Waals surface area contributed by atoms with Gasteiger partial charge in [-0.05, 0) is 57.7 Å². The van der Waals surface area contributed by atoms with Crippen molar-refractivity contribution in [1.29, 1.82) is 0 Å². The third-order valence-corrected chi connectivity index (χ3v) is 10.3. The minimum atomic E-state index is -0.592. The average molecular weight is 675 g/mol. The van der Waals surface area contributed by atoms with Gasteiger partial charge in [-0.15, -0.1) is 22.7 Å². The number of carbonyl (C=O) groups is 2. The molecule has 1 unspecified atom stereocenters. The molecule has 10 nitrogen and oxygen atoms in total. The van der Waals surface area contributed by atoms with Crippen molar-refractivity contribution in [3.05, 3.63) is 57.9 Å². The van der Waals surface area contributed by atoms with Crippen LogP contribution in [-0.4, -0.2) is 62.4 Å². The molecule has 0 saturated carbocycles. The zero-order valence-corrected chi connectivity index (χ0v) is 28.2. The highest BCUT2D eigenvalue weighted by molar-refractivity contribution is 7.18. The zero-order valence-electron chi connectivity index (χ0n) is 26.6. The van der Waals surface area contributed by atoms with Crippen LogP contribution < -0.4 is 10.1 Å². The number of hydrogen-bond acceptors (Lipinski definition) is 9. The largest absolute Gasteiger partial charge is 0.493 e. The molecule has 0 radical (unpaired) electrons. The molecule has 0 spiro atoms. The first-order valence-corrected chi connectivity index (χ1v) is 17.3. The smallest absolute Gasteiger partial charge is 0.410 e. The average Bonchev–Trinajstić information content (AvgIpc) is 3.78. The molecule has 2 aliphatic rings. The number of hydrogen-bond donors (Lipinski definition) is 2. The standard InChI is InChI=1S/C34H35FN6O4S2/c1-18-23(15-37-40-18)29-22-9-12-46-31(22)28(21-6-5-20(35)14-25(21)44-17-19-7-10-36-27(42)13-19)30(39-29)32-38-24-8-11-41(16-26(24)47-32)33(43)45-34(2,3)4/h5-6,9,12,14-15,19H,7-8,10-11,13,16-17H2,1-4H3,(H,36,42)(H,37,40). The Kier molecular flexibility index (Phi) is 8.21. The van der Waals surface area contributed by atoms with Crippen LogP contribution in [0.25, 0.3) is 43.2 Å². The first kappa shape index (κ1) is 31.3. The van der Waals surface area contributed by atoms with Crippen LogP contribution in [0.2, 0.25) is 0 Å². The summed E-state index contributed by atoms with van der Waals surface area (Å²) < 4.78 is 27.7. The highest BCUT2D eigenvalue weighted by Crippen LogP contribution is 2.47. The number of aromatic amines is 1. The lowest BCUT2D eigenvalue weighted by Gasteiger charge is -2.29. The number of H-pyrrole nitrogens is 1. The van der Waals surface area contributed by atoms with E-state index in [2.05, 4.69) is 15.5 Å². The van der Waals surface area contributed by atoms with E-state index >= 15 is 0 Å². The van der Waals surface area contributed by atoms with Gasteiger partial charge in [0.25, 0.3) is 0 Å². The molecule has 1 fully saturated rings. The number of rotatable bonds is 6. The van der Waals surface area contributed by atoms with Crippen molar-refractivity contribution in [3.8, 4) is 38.8 Å². The fourth-order valence-corrected chi connectivity index (χ4v) is 8.10. The Morgan fingerprint density at radius 1 is 1.17 bits per heavy atom. The molecule has 244 valence electrons. The van der Waals surface area contributed by atoms with Crippen LogP contribution in [-0.2, 0) is 22.5 Å². The predicted molar refractivity (Wildman–Crippen MR) is 180 cm³/mol. The number of piperidine rings is 1. The number of thiophene rings is 1. The van der Waals surface area contributed by atoms with Crippen LogP contribution in [0.5, 0.6) is 5.75 Å². The molecular formula is C34H35FN6O4S2. The highest BCUT2D eigenvalue weighted by Gasteiger charge is 2.31. The summed E-state index contributed by atoms with van der Waals surface area (Å²) >= 11 is 3.08. The van der Waals surface area contributed by atoms with Crippen molar-refractivity contribution in [2.75, 3.05) is 19.7 Å². The maximum absolute atomic E-state index is 14.8. The van der Waals surface area contributed by atoms with Crippen LogP contribution in [0.1, 0.15) is 49.9 Å². The first-order valence-electron chi connectivity index (χ1n) is 15.6. The van der Waals surface area contributed by atoms with E-state index in [9.17, 15) is 14.0 Å². The Labute approximate surface area is 279 Å². The van der Waals surface area contributed by atoms with Crippen molar-refractivity contribution >= 4 is 44.8 Å². The van der Waals surface area contributed by atoms with Crippen LogP contribution in [0, 0.1) is 18.7 Å². The summed E-state index contributed by atoms with van der Waals surface area (Å²) in [5, 5.41) is 13.8. The van der Waals surface area contributed by atoms with Gasteiger partial charge in [0.15, 0.2) is 0 Å². The molecule has 2 N–H and O–H groups in total. The van der Waals surface area contributed by atoms with Gasteiger partial charge < -0.3 is 19.7 Å². The lowest BCUT2D eigenvalue weighted by Crippen LogP contribution is -2.39. The fraction of sp³-hybridized carbons (Fsp3) is 0.382. The molecule has 1 atom stereocenters. The molecule has 2 amide bonds. The molecule has 13 heteroatoms. The maximum atomic E-state index is 14.8. The van der Waals surface area contributed by atoms with Gasteiger partial charge in [0, 0.05) is 75.3 Å². The molecule has 47 heavy (non-hydrogen) atoms. The second kappa shape index (κ2) is 12.3. The van der Waals surface area contributed by atoms with Gasteiger partial charge in [-0.3, -0.25) is 9.89 Å². The van der Waals surface area contributed by atoms with Crippen LogP contribution in [0.15, 0.2) is 35.8 Å². The molecule has 0 aliphatic carbocycles. The number of aryl methyl sites for hydroxylation is 1. The van der Waals surface area contributed by atoms with E-state index in [-0.39, 0.29) is 17.9 Å². The summed E-state index contributed by atoms with van der Waals surface area (Å²) in [7, 11) is 0. The number of amides is 2. The SMILES string of the molecule is Cc1[nH]ncc1-c1nc(-c2nc3c(s2)CN(C(=O)OC(C)(C)C)CC3)c(-c2ccc(F)cc2OCC2CCNC(=O)C2)c2sccc12. The van der Waals surface area contributed by atoms with Crippen molar-refractivity contribution in [1.82, 2.24) is 30.4 Å². The summed E-state index contributed by atoms with van der Waals surface area (Å²) in [5.74, 6) is 0.00140. The summed E-state index contributed by atoms with van der Waals surface area (Å²) in [5.41, 5.74) is 5.01. The third kappa shape index (κ3) is 6.33. The summed E-state index contributed by atoms with van der Waals surface area (Å²) in [6, 6.07) is 6.61. The molecule has 7 rings (SSSR count). The number of pyridine rings is 1. The molecule has 0 bridgehead atoms. The number of aromatic nitrogens is 4. The number of thiazole rings is 1. The van der Waals surface area contributed by atoms with Gasteiger partial charge in [-0.1, -0.05) is 0 Å². The lowest BCUT2D eigenvalue weighted by molar-refractivity contribution is -0.123. The Bertz CT molecular complexity index is 1990. The van der Waals surface area contributed by atoms with Crippen molar-refractivity contribution in [2.24, 2.45) is 5.92 Å². The summed E-state index contributed by atoms with van der Waals surface area (Å²) in [6.45, 7) is 9.32. The quantitative estimate of drug-likeness (QED) is 0.197. The minimum absolute atomic E-state index is 0.000745. The van der Waals surface area contributed by atoms with Gasteiger partial charge in [-0.2, -0.15) is 5.10 Å². The van der Waals surface area contributed by atoms with E-state index in [1.165, 1.54) is 23.5 Å². The molecular weight excluding hydrogens is 640 g/mol.